The van der Waals surface area contributed by atoms with Gasteiger partial charge in [-0.15, -0.1) is 0 Å². The minimum atomic E-state index is -1.04. The second kappa shape index (κ2) is 9.41. The fourth-order valence-corrected chi connectivity index (χ4v) is 3.68. The van der Waals surface area contributed by atoms with E-state index >= 15 is 0 Å². The molecule has 1 fully saturated rings. The molecule has 0 aliphatic carbocycles. The van der Waals surface area contributed by atoms with Gasteiger partial charge in [-0.25, -0.2) is 5.01 Å². The van der Waals surface area contributed by atoms with Crippen LogP contribution in [-0.2, 0) is 9.59 Å². The number of hydrogen-bond acceptors (Lipinski definition) is 4. The van der Waals surface area contributed by atoms with E-state index in [-0.39, 0.29) is 40.7 Å². The Balaban J connectivity index is 2.09. The van der Waals surface area contributed by atoms with E-state index in [1.165, 1.54) is 18.2 Å². The summed E-state index contributed by atoms with van der Waals surface area (Å²) in [6.07, 6.45) is 0.851. The number of piperidine rings is 1. The molecule has 8 heteroatoms. The van der Waals surface area contributed by atoms with Gasteiger partial charge in [0.25, 0.3) is 5.91 Å². The van der Waals surface area contributed by atoms with Crippen molar-refractivity contribution in [3.63, 3.8) is 0 Å². The van der Waals surface area contributed by atoms with Crippen molar-refractivity contribution in [2.75, 3.05) is 0 Å². The summed E-state index contributed by atoms with van der Waals surface area (Å²) in [4.78, 5) is 52.0. The molecule has 1 atom stereocenters. The maximum Gasteiger partial charge on any atom is 0.273 e. The van der Waals surface area contributed by atoms with Crippen LogP contribution >= 0.6 is 23.2 Å². The van der Waals surface area contributed by atoms with E-state index in [1.54, 1.807) is 37.3 Å². The van der Waals surface area contributed by atoms with Gasteiger partial charge in [-0.3, -0.25) is 19.2 Å². The molecular weight excluding hydrogens is 427 g/mol. The van der Waals surface area contributed by atoms with Crippen LogP contribution in [0.3, 0.4) is 0 Å². The Kier molecular flexibility index (Phi) is 6.90. The highest BCUT2D eigenvalue weighted by atomic mass is 35.5. The highest BCUT2D eigenvalue weighted by Crippen LogP contribution is 2.27. The third-order valence-corrected chi connectivity index (χ3v) is 5.63. The molecule has 1 saturated heterocycles. The number of halogens is 2. The number of Topliss-reactive ketones (excluding diaryl/α,β-unsaturated/α-hetero) is 1. The summed E-state index contributed by atoms with van der Waals surface area (Å²) in [5, 5.41) is 2.22. The van der Waals surface area contributed by atoms with E-state index < -0.39 is 23.8 Å². The van der Waals surface area contributed by atoms with Crippen LogP contribution in [0.15, 0.2) is 48.5 Å². The van der Waals surface area contributed by atoms with Crippen molar-refractivity contribution in [2.45, 2.75) is 38.6 Å². The molecule has 0 unspecified atom stereocenters. The fraction of sp³-hybridized carbons (Fsp3) is 0.273. The fourth-order valence-electron chi connectivity index (χ4n) is 3.38. The monoisotopic (exact) mass is 446 g/mol. The van der Waals surface area contributed by atoms with Crippen molar-refractivity contribution in [1.82, 2.24) is 10.0 Å². The standard InChI is InChI=1S/C22H20Cl2N2O4/c1-2-18(21(29)14-7-4-3-5-8-14)25(26-19(27)9-6-10-20(26)28)22(30)15-11-12-16(23)17(24)13-15/h3-5,7-8,11-13,18H,2,6,9-10H2,1H3/t18-/m0/s1. The molecule has 30 heavy (non-hydrogen) atoms. The molecule has 1 aliphatic heterocycles. The predicted octanol–water partition coefficient (Wildman–Crippen LogP) is 4.55. The third-order valence-electron chi connectivity index (χ3n) is 4.89. The van der Waals surface area contributed by atoms with Gasteiger partial charge in [-0.05, 0) is 31.0 Å². The largest absolute Gasteiger partial charge is 0.292 e. The summed E-state index contributed by atoms with van der Waals surface area (Å²) >= 11 is 12.0. The molecule has 6 nitrogen and oxygen atoms in total. The second-order valence-corrected chi connectivity index (χ2v) is 7.70. The summed E-state index contributed by atoms with van der Waals surface area (Å²) in [6, 6.07) is 11.7. The zero-order valence-electron chi connectivity index (χ0n) is 16.3. The van der Waals surface area contributed by atoms with Crippen molar-refractivity contribution in [1.29, 1.82) is 0 Å². The van der Waals surface area contributed by atoms with Gasteiger partial charge in [0.15, 0.2) is 5.78 Å². The van der Waals surface area contributed by atoms with Gasteiger partial charge in [0, 0.05) is 24.0 Å². The van der Waals surface area contributed by atoms with Crippen LogP contribution in [0.4, 0.5) is 0 Å². The summed E-state index contributed by atoms with van der Waals surface area (Å²) in [6.45, 7) is 1.72. The van der Waals surface area contributed by atoms with E-state index in [0.717, 1.165) is 10.0 Å². The minimum absolute atomic E-state index is 0.118. The number of nitrogens with zero attached hydrogens (tertiary/aromatic N) is 2. The predicted molar refractivity (Wildman–Crippen MR) is 113 cm³/mol. The Morgan fingerprint density at radius 2 is 1.60 bits per heavy atom. The van der Waals surface area contributed by atoms with Crippen molar-refractivity contribution in [3.8, 4) is 0 Å². The van der Waals surface area contributed by atoms with Gasteiger partial charge in [0.1, 0.15) is 6.04 Å². The summed E-state index contributed by atoms with van der Waals surface area (Å²) in [5.74, 6) is -2.07. The lowest BCUT2D eigenvalue weighted by Gasteiger charge is -2.39. The molecule has 2 aromatic carbocycles. The number of hydrazine groups is 1. The maximum absolute atomic E-state index is 13.5. The van der Waals surface area contributed by atoms with Crippen molar-refractivity contribution in [2.24, 2.45) is 0 Å². The normalized spacial score (nSPS) is 15.1. The Morgan fingerprint density at radius 1 is 0.967 bits per heavy atom. The van der Waals surface area contributed by atoms with E-state index in [0.29, 0.717) is 12.0 Å². The molecule has 3 amide bonds. The maximum atomic E-state index is 13.5. The first-order valence-electron chi connectivity index (χ1n) is 9.58. The quantitative estimate of drug-likeness (QED) is 0.481. The van der Waals surface area contributed by atoms with Gasteiger partial charge >= 0.3 is 0 Å². The zero-order valence-corrected chi connectivity index (χ0v) is 17.8. The molecule has 0 spiro atoms. The SMILES string of the molecule is CC[C@@H](C(=O)c1ccccc1)N(C(=O)c1ccc(Cl)c(Cl)c1)N1C(=O)CCCC1=O. The Morgan fingerprint density at radius 3 is 2.17 bits per heavy atom. The molecule has 0 aromatic heterocycles. The van der Waals surface area contributed by atoms with Crippen LogP contribution < -0.4 is 0 Å². The number of amides is 3. The van der Waals surface area contributed by atoms with Gasteiger partial charge < -0.3 is 0 Å². The van der Waals surface area contributed by atoms with E-state index in [1.807, 2.05) is 0 Å². The molecule has 0 N–H and O–H groups in total. The van der Waals surface area contributed by atoms with Crippen molar-refractivity contribution >= 4 is 46.7 Å². The topological polar surface area (TPSA) is 74.8 Å². The lowest BCUT2D eigenvalue weighted by atomic mass is 10.0. The summed E-state index contributed by atoms with van der Waals surface area (Å²) in [5.41, 5.74) is 0.503. The number of carbonyl (C=O) groups is 4. The van der Waals surface area contributed by atoms with E-state index in [9.17, 15) is 19.2 Å². The van der Waals surface area contributed by atoms with Crippen LogP contribution in [0.1, 0.15) is 53.3 Å². The first kappa shape index (κ1) is 22.0. The number of carbonyl (C=O) groups excluding carboxylic acids is 4. The Hall–Kier alpha value is -2.70. The summed E-state index contributed by atoms with van der Waals surface area (Å²) < 4.78 is 0. The first-order valence-corrected chi connectivity index (χ1v) is 10.3. The first-order chi connectivity index (χ1) is 14.3. The van der Waals surface area contributed by atoms with E-state index in [4.69, 9.17) is 23.2 Å². The highest BCUT2D eigenvalue weighted by Gasteiger charge is 2.41. The molecule has 0 saturated carbocycles. The lowest BCUT2D eigenvalue weighted by Crippen LogP contribution is -2.60. The highest BCUT2D eigenvalue weighted by molar-refractivity contribution is 6.42. The molecule has 1 heterocycles. The zero-order chi connectivity index (χ0) is 21.8. The average molecular weight is 447 g/mol. The van der Waals surface area contributed by atoms with Gasteiger partial charge in [0.05, 0.1) is 10.0 Å². The molecule has 2 aromatic rings. The van der Waals surface area contributed by atoms with Gasteiger partial charge in [-0.1, -0.05) is 60.5 Å². The van der Waals surface area contributed by atoms with E-state index in [2.05, 4.69) is 0 Å². The molecule has 0 radical (unpaired) electrons. The smallest absolute Gasteiger partial charge is 0.273 e. The lowest BCUT2D eigenvalue weighted by molar-refractivity contribution is -0.165. The number of ketones is 1. The Bertz CT molecular complexity index is 978. The van der Waals surface area contributed by atoms with Crippen LogP contribution in [0.2, 0.25) is 10.0 Å². The minimum Gasteiger partial charge on any atom is -0.292 e. The van der Waals surface area contributed by atoms with Crippen LogP contribution in [0, 0.1) is 0 Å². The molecule has 1 aliphatic rings. The molecule has 3 rings (SSSR count). The molecule has 156 valence electrons. The van der Waals surface area contributed by atoms with Gasteiger partial charge in [0.2, 0.25) is 11.8 Å². The van der Waals surface area contributed by atoms with Crippen LogP contribution in [0.25, 0.3) is 0 Å². The third kappa shape index (κ3) is 4.40. The second-order valence-electron chi connectivity index (χ2n) is 6.89. The summed E-state index contributed by atoms with van der Waals surface area (Å²) in [7, 11) is 0. The van der Waals surface area contributed by atoms with Crippen LogP contribution in [-0.4, -0.2) is 39.6 Å². The van der Waals surface area contributed by atoms with Crippen molar-refractivity contribution in [3.05, 3.63) is 69.7 Å². The number of imide groups is 1. The Labute approximate surface area is 184 Å². The number of benzene rings is 2. The number of rotatable bonds is 6. The van der Waals surface area contributed by atoms with Gasteiger partial charge in [-0.2, -0.15) is 5.01 Å². The van der Waals surface area contributed by atoms with Crippen molar-refractivity contribution < 1.29 is 19.2 Å². The average Bonchev–Trinajstić information content (AvgIpc) is 2.74. The van der Waals surface area contributed by atoms with Crippen LogP contribution in [0.5, 0.6) is 0 Å². The molecule has 0 bridgehead atoms. The molecular formula is C22H20Cl2N2O4. The number of hydrogen-bond donors (Lipinski definition) is 0.